The van der Waals surface area contributed by atoms with E-state index < -0.39 is 0 Å². The predicted octanol–water partition coefficient (Wildman–Crippen LogP) is 5.39. The van der Waals surface area contributed by atoms with E-state index in [9.17, 15) is 10.2 Å². The smallest absolute Gasteiger partial charge is 0.127 e. The molecule has 1 atom stereocenters. The van der Waals surface area contributed by atoms with Crippen LogP contribution in [0.15, 0.2) is 89.1 Å². The molecule has 0 amide bonds. The minimum Gasteiger partial charge on any atom is -0.508 e. The van der Waals surface area contributed by atoms with Gasteiger partial charge in [-0.3, -0.25) is 4.99 Å². The molecule has 3 aromatic rings. The lowest BCUT2D eigenvalue weighted by atomic mass is 9.98. The Morgan fingerprint density at radius 2 is 1.67 bits per heavy atom. The van der Waals surface area contributed by atoms with Crippen molar-refractivity contribution in [2.75, 3.05) is 18.6 Å². The van der Waals surface area contributed by atoms with Gasteiger partial charge < -0.3 is 26.0 Å². The van der Waals surface area contributed by atoms with Crippen LogP contribution in [0.4, 0.5) is 5.69 Å². The standard InChI is InChI=1S/C27H31N3O3/c1-18(21-9-12-24(13-10-21)33-23-7-5-4-6-8-23)16-29-27(19(2)20(3)28)25-15-22(32)11-14-26(25)30-17-31/h4-15,18,30-32H,16-17,28H2,1-3H3/b20-19+,29-27?. The van der Waals surface area contributed by atoms with Gasteiger partial charge in [0.05, 0.1) is 5.71 Å². The van der Waals surface area contributed by atoms with Gasteiger partial charge in [0.2, 0.25) is 0 Å². The molecule has 3 rings (SSSR count). The van der Waals surface area contributed by atoms with Gasteiger partial charge in [-0.25, -0.2) is 0 Å². The van der Waals surface area contributed by atoms with Crippen LogP contribution in [0.1, 0.15) is 37.8 Å². The summed E-state index contributed by atoms with van der Waals surface area (Å²) in [4.78, 5) is 4.88. The van der Waals surface area contributed by atoms with Gasteiger partial charge in [-0.1, -0.05) is 37.3 Å². The number of allylic oxidation sites excluding steroid dienone is 2. The van der Waals surface area contributed by atoms with Crippen LogP contribution in [0.25, 0.3) is 0 Å². The zero-order chi connectivity index (χ0) is 23.8. The number of anilines is 1. The van der Waals surface area contributed by atoms with E-state index >= 15 is 0 Å². The molecule has 3 aromatic carbocycles. The van der Waals surface area contributed by atoms with E-state index in [1.807, 2.05) is 68.4 Å². The van der Waals surface area contributed by atoms with Gasteiger partial charge in [0.15, 0.2) is 0 Å². The van der Waals surface area contributed by atoms with Crippen molar-refractivity contribution in [1.29, 1.82) is 0 Å². The van der Waals surface area contributed by atoms with Crippen molar-refractivity contribution in [2.24, 2.45) is 10.7 Å². The fraction of sp³-hybridized carbons (Fsp3) is 0.222. The van der Waals surface area contributed by atoms with E-state index in [2.05, 4.69) is 12.2 Å². The molecule has 6 heteroatoms. The van der Waals surface area contributed by atoms with Crippen molar-refractivity contribution in [2.45, 2.75) is 26.7 Å². The number of phenolic OH excluding ortho intramolecular Hbond substituents is 1. The first-order chi connectivity index (χ1) is 15.9. The number of nitrogens with two attached hydrogens (primary N) is 1. The zero-order valence-electron chi connectivity index (χ0n) is 19.2. The third-order valence-electron chi connectivity index (χ3n) is 5.43. The Labute approximate surface area is 195 Å². The monoisotopic (exact) mass is 445 g/mol. The number of benzene rings is 3. The minimum absolute atomic E-state index is 0.116. The number of aliphatic hydroxyl groups excluding tert-OH is 1. The number of ether oxygens (including phenoxy) is 1. The molecular weight excluding hydrogens is 414 g/mol. The molecule has 5 N–H and O–H groups in total. The number of phenols is 1. The topological polar surface area (TPSA) is 100 Å². The molecule has 0 radical (unpaired) electrons. The second-order valence-electron chi connectivity index (χ2n) is 7.95. The number of nitrogens with one attached hydrogen (secondary N) is 1. The summed E-state index contributed by atoms with van der Waals surface area (Å²) in [5, 5.41) is 22.3. The van der Waals surface area contributed by atoms with Crippen LogP contribution in [0, 0.1) is 0 Å². The van der Waals surface area contributed by atoms with Crippen molar-refractivity contribution in [3.05, 3.63) is 95.2 Å². The van der Waals surface area contributed by atoms with Crippen molar-refractivity contribution >= 4 is 11.4 Å². The largest absolute Gasteiger partial charge is 0.508 e. The van der Waals surface area contributed by atoms with Crippen LogP contribution in [-0.2, 0) is 0 Å². The van der Waals surface area contributed by atoms with Gasteiger partial charge in [0.1, 0.15) is 24.0 Å². The lowest BCUT2D eigenvalue weighted by molar-refractivity contribution is 0.325. The van der Waals surface area contributed by atoms with E-state index in [0.717, 1.165) is 22.6 Å². The summed E-state index contributed by atoms with van der Waals surface area (Å²) in [6, 6.07) is 22.6. The number of rotatable bonds is 9. The number of aliphatic hydroxyl groups is 1. The highest BCUT2D eigenvalue weighted by molar-refractivity contribution is 6.16. The normalized spacial score (nSPS) is 13.3. The van der Waals surface area contributed by atoms with E-state index in [0.29, 0.717) is 29.2 Å². The van der Waals surface area contributed by atoms with E-state index in [1.54, 1.807) is 18.2 Å². The first-order valence-electron chi connectivity index (χ1n) is 10.9. The van der Waals surface area contributed by atoms with Crippen LogP contribution in [0.2, 0.25) is 0 Å². The molecule has 0 aliphatic heterocycles. The van der Waals surface area contributed by atoms with Gasteiger partial charge in [-0.15, -0.1) is 0 Å². The molecular formula is C27H31N3O3. The molecule has 0 heterocycles. The Balaban J connectivity index is 1.83. The summed E-state index contributed by atoms with van der Waals surface area (Å²) < 4.78 is 5.88. The maximum atomic E-state index is 10.1. The van der Waals surface area contributed by atoms with Gasteiger partial charge in [0, 0.05) is 29.4 Å². The Hall–Kier alpha value is -3.77. The van der Waals surface area contributed by atoms with Gasteiger partial charge in [-0.05, 0) is 67.4 Å². The Bertz CT molecular complexity index is 1120. The fourth-order valence-corrected chi connectivity index (χ4v) is 3.38. The molecule has 0 spiro atoms. The molecule has 1 unspecified atom stereocenters. The maximum Gasteiger partial charge on any atom is 0.127 e. The SMILES string of the molecule is C/C(N)=C(/C)C(=NCC(C)c1ccc(Oc2ccccc2)cc1)c1cc(O)ccc1NCO. The quantitative estimate of drug-likeness (QED) is 0.201. The molecule has 172 valence electrons. The lowest BCUT2D eigenvalue weighted by Crippen LogP contribution is -2.14. The average Bonchev–Trinajstić information content (AvgIpc) is 2.81. The number of hydrogen-bond donors (Lipinski definition) is 4. The highest BCUT2D eigenvalue weighted by Crippen LogP contribution is 2.27. The zero-order valence-corrected chi connectivity index (χ0v) is 19.2. The summed E-state index contributed by atoms with van der Waals surface area (Å²) in [5.41, 5.74) is 10.7. The molecule has 0 saturated carbocycles. The fourth-order valence-electron chi connectivity index (χ4n) is 3.38. The Morgan fingerprint density at radius 1 is 1.00 bits per heavy atom. The summed E-state index contributed by atoms with van der Waals surface area (Å²) in [6.45, 7) is 6.12. The third kappa shape index (κ3) is 6.37. The number of hydrogen-bond acceptors (Lipinski definition) is 6. The molecule has 0 fully saturated rings. The summed E-state index contributed by atoms with van der Waals surface area (Å²) in [7, 11) is 0. The number of nitrogens with zero attached hydrogens (tertiary/aromatic N) is 1. The van der Waals surface area contributed by atoms with Crippen molar-refractivity contribution < 1.29 is 14.9 Å². The molecule has 0 saturated heterocycles. The first kappa shape index (κ1) is 23.9. The van der Waals surface area contributed by atoms with Gasteiger partial charge >= 0.3 is 0 Å². The van der Waals surface area contributed by atoms with Crippen LogP contribution in [-0.4, -0.2) is 29.2 Å². The summed E-state index contributed by atoms with van der Waals surface area (Å²) in [6.07, 6.45) is 0. The summed E-state index contributed by atoms with van der Waals surface area (Å²) in [5.74, 6) is 1.83. The molecule has 6 nitrogen and oxygen atoms in total. The average molecular weight is 446 g/mol. The van der Waals surface area contributed by atoms with Crippen LogP contribution in [0.5, 0.6) is 17.2 Å². The predicted molar refractivity (Wildman–Crippen MR) is 134 cm³/mol. The van der Waals surface area contributed by atoms with Gasteiger partial charge in [0.25, 0.3) is 0 Å². The van der Waals surface area contributed by atoms with Crippen molar-refractivity contribution in [3.8, 4) is 17.2 Å². The first-order valence-corrected chi connectivity index (χ1v) is 10.9. The number of aromatic hydroxyl groups is 1. The molecule has 0 aliphatic rings. The summed E-state index contributed by atoms with van der Waals surface area (Å²) >= 11 is 0. The van der Waals surface area contributed by atoms with E-state index in [1.165, 1.54) is 0 Å². The van der Waals surface area contributed by atoms with Crippen LogP contribution in [0.3, 0.4) is 0 Å². The van der Waals surface area contributed by atoms with Crippen LogP contribution < -0.4 is 15.8 Å². The molecule has 0 bridgehead atoms. The lowest BCUT2D eigenvalue weighted by Gasteiger charge is -2.17. The van der Waals surface area contributed by atoms with Crippen molar-refractivity contribution in [1.82, 2.24) is 0 Å². The second-order valence-corrected chi connectivity index (χ2v) is 7.95. The van der Waals surface area contributed by atoms with E-state index in [-0.39, 0.29) is 18.4 Å². The third-order valence-corrected chi connectivity index (χ3v) is 5.43. The Kier molecular flexibility index (Phi) is 8.11. The maximum absolute atomic E-state index is 10.1. The second kappa shape index (κ2) is 11.2. The number of aliphatic imine (C=N–C) groups is 1. The highest BCUT2D eigenvalue weighted by atomic mass is 16.5. The van der Waals surface area contributed by atoms with E-state index in [4.69, 9.17) is 15.5 Å². The van der Waals surface area contributed by atoms with Gasteiger partial charge in [-0.2, -0.15) is 0 Å². The minimum atomic E-state index is -0.233. The molecule has 0 aliphatic carbocycles. The Morgan fingerprint density at radius 3 is 2.30 bits per heavy atom. The number of para-hydroxylation sites is 1. The molecule has 0 aromatic heterocycles. The highest BCUT2D eigenvalue weighted by Gasteiger charge is 2.15. The van der Waals surface area contributed by atoms with Crippen molar-refractivity contribution in [3.63, 3.8) is 0 Å². The van der Waals surface area contributed by atoms with Crippen LogP contribution >= 0.6 is 0 Å². The molecule has 33 heavy (non-hydrogen) atoms.